The van der Waals surface area contributed by atoms with Gasteiger partial charge in [-0.3, -0.25) is 19.7 Å². The SMILES string of the molecule is Cc1ccnn1C(C)C(=O)Nn1c(C)nc2sc3c(c2c1=O)CCC(C)C3. The van der Waals surface area contributed by atoms with Crippen LogP contribution in [0.25, 0.3) is 10.2 Å². The molecule has 3 heterocycles. The van der Waals surface area contributed by atoms with Gasteiger partial charge in [-0.25, -0.2) is 9.66 Å². The fourth-order valence-corrected chi connectivity index (χ4v) is 5.14. The number of nitrogens with one attached hydrogen (secondary N) is 1. The summed E-state index contributed by atoms with van der Waals surface area (Å²) in [5.41, 5.74) is 4.55. The largest absolute Gasteiger partial charge is 0.281 e. The Kier molecular flexibility index (Phi) is 4.38. The summed E-state index contributed by atoms with van der Waals surface area (Å²) in [6.45, 7) is 7.63. The Bertz CT molecular complexity index is 1090. The molecule has 0 saturated heterocycles. The van der Waals surface area contributed by atoms with Gasteiger partial charge in [0, 0.05) is 16.8 Å². The standard InChI is InChI=1S/C19H23N5O2S/c1-10-5-6-14-15(9-10)27-18-16(14)19(26)24(13(4)21-18)22-17(25)12(3)23-11(2)7-8-20-23/h7-8,10,12H,5-6,9H2,1-4H3,(H,22,25). The van der Waals surface area contributed by atoms with Crippen molar-refractivity contribution in [1.29, 1.82) is 0 Å². The van der Waals surface area contributed by atoms with Gasteiger partial charge in [0.2, 0.25) is 0 Å². The first kappa shape index (κ1) is 17.9. The second-order valence-corrected chi connectivity index (χ2v) is 8.48. The Labute approximate surface area is 161 Å². The zero-order chi connectivity index (χ0) is 19.3. The molecule has 0 bridgehead atoms. The molecule has 142 valence electrons. The second-order valence-electron chi connectivity index (χ2n) is 7.40. The fraction of sp³-hybridized carbons (Fsp3) is 0.474. The Morgan fingerprint density at radius 2 is 2.19 bits per heavy atom. The molecule has 0 radical (unpaired) electrons. The van der Waals surface area contributed by atoms with E-state index in [-0.39, 0.29) is 11.5 Å². The van der Waals surface area contributed by atoms with Crippen LogP contribution in [0.2, 0.25) is 0 Å². The lowest BCUT2D eigenvalue weighted by Crippen LogP contribution is -2.39. The van der Waals surface area contributed by atoms with Crippen molar-refractivity contribution in [3.8, 4) is 0 Å². The number of aromatic nitrogens is 4. The van der Waals surface area contributed by atoms with E-state index in [4.69, 9.17) is 0 Å². The number of aryl methyl sites for hydroxylation is 3. The fourth-order valence-electron chi connectivity index (χ4n) is 3.72. The van der Waals surface area contributed by atoms with Gasteiger partial charge in [-0.15, -0.1) is 11.3 Å². The lowest BCUT2D eigenvalue weighted by atomic mass is 9.89. The normalized spacial score (nSPS) is 17.7. The first-order valence-corrected chi connectivity index (χ1v) is 10.0. The molecule has 8 heteroatoms. The number of thiophene rings is 1. The van der Waals surface area contributed by atoms with Crippen LogP contribution < -0.4 is 11.0 Å². The molecule has 1 aliphatic rings. The maximum Gasteiger partial charge on any atom is 0.281 e. The van der Waals surface area contributed by atoms with Crippen LogP contribution in [0.4, 0.5) is 0 Å². The van der Waals surface area contributed by atoms with Crippen molar-refractivity contribution in [2.24, 2.45) is 5.92 Å². The number of carbonyl (C=O) groups excluding carboxylic acids is 1. The van der Waals surface area contributed by atoms with E-state index in [1.165, 1.54) is 9.55 Å². The third-order valence-electron chi connectivity index (χ3n) is 5.33. The van der Waals surface area contributed by atoms with E-state index in [2.05, 4.69) is 22.4 Å². The predicted molar refractivity (Wildman–Crippen MR) is 106 cm³/mol. The predicted octanol–water partition coefficient (Wildman–Crippen LogP) is 2.73. The molecule has 7 nitrogen and oxygen atoms in total. The Balaban J connectivity index is 1.73. The second kappa shape index (κ2) is 6.60. The van der Waals surface area contributed by atoms with Gasteiger partial charge in [0.25, 0.3) is 11.5 Å². The lowest BCUT2D eigenvalue weighted by Gasteiger charge is -2.18. The van der Waals surface area contributed by atoms with Crippen LogP contribution in [0.5, 0.6) is 0 Å². The maximum atomic E-state index is 13.2. The molecule has 27 heavy (non-hydrogen) atoms. The van der Waals surface area contributed by atoms with E-state index >= 15 is 0 Å². The molecule has 0 spiro atoms. The van der Waals surface area contributed by atoms with Gasteiger partial charge in [-0.05, 0) is 57.6 Å². The summed E-state index contributed by atoms with van der Waals surface area (Å²) in [6.07, 6.45) is 4.63. The Hall–Kier alpha value is -2.48. The van der Waals surface area contributed by atoms with Crippen LogP contribution >= 0.6 is 11.3 Å². The topological polar surface area (TPSA) is 81.8 Å². The van der Waals surface area contributed by atoms with E-state index in [9.17, 15) is 9.59 Å². The highest BCUT2D eigenvalue weighted by Gasteiger charge is 2.25. The smallest absolute Gasteiger partial charge is 0.271 e. The summed E-state index contributed by atoms with van der Waals surface area (Å²) in [5.74, 6) is 0.814. The molecular weight excluding hydrogens is 362 g/mol. The van der Waals surface area contributed by atoms with Crippen molar-refractivity contribution in [3.05, 3.63) is 44.6 Å². The summed E-state index contributed by atoms with van der Waals surface area (Å²) in [5, 5.41) is 4.85. The maximum absolute atomic E-state index is 13.2. The lowest BCUT2D eigenvalue weighted by molar-refractivity contribution is -0.120. The first-order valence-electron chi connectivity index (χ1n) is 9.21. The van der Waals surface area contributed by atoms with Crippen molar-refractivity contribution >= 4 is 27.5 Å². The zero-order valence-corrected chi connectivity index (χ0v) is 16.8. The Morgan fingerprint density at radius 3 is 2.89 bits per heavy atom. The molecule has 0 aromatic carbocycles. The molecule has 0 saturated carbocycles. The average Bonchev–Trinajstić information content (AvgIpc) is 3.20. The molecule has 3 aromatic rings. The zero-order valence-electron chi connectivity index (χ0n) is 15.9. The van der Waals surface area contributed by atoms with Gasteiger partial charge in [0.05, 0.1) is 5.39 Å². The van der Waals surface area contributed by atoms with E-state index in [1.54, 1.807) is 36.1 Å². The first-order chi connectivity index (χ1) is 12.9. The minimum atomic E-state index is -0.528. The van der Waals surface area contributed by atoms with E-state index < -0.39 is 6.04 Å². The van der Waals surface area contributed by atoms with Gasteiger partial charge in [0.1, 0.15) is 16.7 Å². The van der Waals surface area contributed by atoms with Gasteiger partial charge in [-0.1, -0.05) is 6.92 Å². The molecular formula is C19H23N5O2S. The monoisotopic (exact) mass is 385 g/mol. The average molecular weight is 385 g/mol. The summed E-state index contributed by atoms with van der Waals surface area (Å²) in [7, 11) is 0. The van der Waals surface area contributed by atoms with Crippen molar-refractivity contribution in [2.45, 2.75) is 53.0 Å². The van der Waals surface area contributed by atoms with Crippen LogP contribution in [0.1, 0.15) is 48.3 Å². The van der Waals surface area contributed by atoms with Crippen LogP contribution in [0.15, 0.2) is 17.1 Å². The number of carbonyl (C=O) groups is 1. The van der Waals surface area contributed by atoms with E-state index in [1.807, 2.05) is 13.0 Å². The van der Waals surface area contributed by atoms with Crippen LogP contribution in [-0.4, -0.2) is 25.3 Å². The number of hydrogen-bond acceptors (Lipinski definition) is 5. The van der Waals surface area contributed by atoms with Crippen LogP contribution in [0.3, 0.4) is 0 Å². The summed E-state index contributed by atoms with van der Waals surface area (Å²) in [4.78, 5) is 32.5. The number of rotatable bonds is 3. The summed E-state index contributed by atoms with van der Waals surface area (Å²) >= 11 is 1.61. The van der Waals surface area contributed by atoms with E-state index in [0.717, 1.165) is 35.4 Å². The highest BCUT2D eigenvalue weighted by molar-refractivity contribution is 7.18. The number of hydrogen-bond donors (Lipinski definition) is 1. The minimum Gasteiger partial charge on any atom is -0.271 e. The van der Waals surface area contributed by atoms with E-state index in [0.29, 0.717) is 17.1 Å². The minimum absolute atomic E-state index is 0.192. The van der Waals surface area contributed by atoms with Gasteiger partial charge in [0.15, 0.2) is 0 Å². The van der Waals surface area contributed by atoms with Crippen LogP contribution in [0, 0.1) is 19.8 Å². The Morgan fingerprint density at radius 1 is 1.41 bits per heavy atom. The number of fused-ring (bicyclic) bond motifs is 3. The van der Waals surface area contributed by atoms with Crippen molar-refractivity contribution in [1.82, 2.24) is 19.4 Å². The highest BCUT2D eigenvalue weighted by Crippen LogP contribution is 2.35. The summed E-state index contributed by atoms with van der Waals surface area (Å²) in [6, 6.07) is 1.31. The third kappa shape index (κ3) is 2.97. The quantitative estimate of drug-likeness (QED) is 0.752. The van der Waals surface area contributed by atoms with Gasteiger partial charge in [-0.2, -0.15) is 5.10 Å². The summed E-state index contributed by atoms with van der Waals surface area (Å²) < 4.78 is 2.92. The number of amides is 1. The van der Waals surface area contributed by atoms with Crippen molar-refractivity contribution in [2.75, 3.05) is 5.43 Å². The molecule has 2 unspecified atom stereocenters. The van der Waals surface area contributed by atoms with Crippen molar-refractivity contribution < 1.29 is 4.79 Å². The number of nitrogens with zero attached hydrogens (tertiary/aromatic N) is 4. The molecule has 0 aliphatic heterocycles. The molecule has 1 N–H and O–H groups in total. The molecule has 0 fully saturated rings. The molecule has 4 rings (SSSR count). The van der Waals surface area contributed by atoms with Crippen molar-refractivity contribution in [3.63, 3.8) is 0 Å². The molecule has 1 amide bonds. The molecule has 2 atom stereocenters. The third-order valence-corrected chi connectivity index (χ3v) is 6.48. The molecule has 1 aliphatic carbocycles. The molecule has 3 aromatic heterocycles. The van der Waals surface area contributed by atoms with Gasteiger partial charge < -0.3 is 0 Å². The highest BCUT2D eigenvalue weighted by atomic mass is 32.1. The van der Waals surface area contributed by atoms with Gasteiger partial charge >= 0.3 is 0 Å². The van der Waals surface area contributed by atoms with Crippen LogP contribution in [-0.2, 0) is 17.6 Å².